The van der Waals surface area contributed by atoms with Gasteiger partial charge in [0.1, 0.15) is 0 Å². The van der Waals surface area contributed by atoms with E-state index in [9.17, 15) is 44.3 Å². The van der Waals surface area contributed by atoms with Crippen molar-refractivity contribution in [2.24, 2.45) is 5.92 Å². The van der Waals surface area contributed by atoms with Crippen LogP contribution in [0.15, 0.2) is 60.7 Å². The van der Waals surface area contributed by atoms with Gasteiger partial charge in [-0.1, -0.05) is 30.3 Å². The number of aryl methyl sites for hydroxylation is 1. The molecule has 1 fully saturated rings. The van der Waals surface area contributed by atoms with E-state index in [0.717, 1.165) is 17.2 Å². The molecule has 1 atom stereocenters. The third-order valence-electron chi connectivity index (χ3n) is 7.90. The summed E-state index contributed by atoms with van der Waals surface area (Å²) in [6, 6.07) is 9.74. The SMILES string of the molecule is O=C(C1CNCC=C1c1ccc(CCCOc2c(F)ccc(F)c2F)cc1)N(Cc1cc(C(F)(F)F)cc(C(F)(F)F)c1)C1CC1. The third kappa shape index (κ3) is 7.86. The van der Waals surface area contributed by atoms with E-state index in [1.165, 1.54) is 4.90 Å². The topological polar surface area (TPSA) is 41.6 Å². The predicted octanol–water partition coefficient (Wildman–Crippen LogP) is 7.95. The van der Waals surface area contributed by atoms with Crippen molar-refractivity contribution in [2.45, 2.75) is 50.6 Å². The van der Waals surface area contributed by atoms with Gasteiger partial charge in [-0.3, -0.25) is 4.79 Å². The molecule has 1 amide bonds. The van der Waals surface area contributed by atoms with Crippen LogP contribution < -0.4 is 10.1 Å². The number of nitrogens with one attached hydrogen (secondary N) is 1. The van der Waals surface area contributed by atoms with Crippen molar-refractivity contribution in [3.05, 3.63) is 106 Å². The van der Waals surface area contributed by atoms with Gasteiger partial charge in [0.25, 0.3) is 0 Å². The van der Waals surface area contributed by atoms with Crippen molar-refractivity contribution in [3.8, 4) is 5.75 Å². The van der Waals surface area contributed by atoms with Crippen molar-refractivity contribution in [1.29, 1.82) is 0 Å². The number of rotatable bonds is 10. The predicted molar refractivity (Wildman–Crippen MR) is 151 cm³/mol. The molecule has 246 valence electrons. The summed E-state index contributed by atoms with van der Waals surface area (Å²) in [6.07, 6.45) is -6.15. The van der Waals surface area contributed by atoms with Crippen LogP contribution in [0.2, 0.25) is 0 Å². The fraction of sp³-hybridized carbons (Fsp3) is 0.364. The zero-order valence-corrected chi connectivity index (χ0v) is 24.3. The lowest BCUT2D eigenvalue weighted by Gasteiger charge is -2.31. The van der Waals surface area contributed by atoms with Gasteiger partial charge < -0.3 is 15.0 Å². The summed E-state index contributed by atoms with van der Waals surface area (Å²) in [7, 11) is 0. The number of halogens is 9. The zero-order valence-electron chi connectivity index (χ0n) is 24.3. The number of nitrogens with zero attached hydrogens (tertiary/aromatic N) is 1. The van der Waals surface area contributed by atoms with E-state index in [4.69, 9.17) is 4.74 Å². The minimum atomic E-state index is -5.00. The van der Waals surface area contributed by atoms with Crippen molar-refractivity contribution in [2.75, 3.05) is 19.7 Å². The number of carbonyl (C=O) groups excluding carboxylic acids is 1. The average molecular weight is 657 g/mol. The Labute approximate surface area is 258 Å². The number of ether oxygens (including phenoxy) is 1. The molecule has 13 heteroatoms. The van der Waals surface area contributed by atoms with E-state index in [1.54, 1.807) is 12.1 Å². The number of alkyl halides is 6. The molecule has 1 heterocycles. The lowest BCUT2D eigenvalue weighted by Crippen LogP contribution is -2.43. The first-order valence-corrected chi connectivity index (χ1v) is 14.6. The van der Waals surface area contributed by atoms with E-state index in [0.29, 0.717) is 56.0 Å². The summed E-state index contributed by atoms with van der Waals surface area (Å²) in [5, 5.41) is 3.11. The molecule has 0 spiro atoms. The smallest absolute Gasteiger partial charge is 0.416 e. The molecule has 0 radical (unpaired) electrons. The van der Waals surface area contributed by atoms with Gasteiger partial charge in [-0.15, -0.1) is 0 Å². The van der Waals surface area contributed by atoms with Gasteiger partial charge in [-0.05, 0) is 78.3 Å². The molecule has 5 rings (SSSR count). The molecule has 46 heavy (non-hydrogen) atoms. The number of benzene rings is 3. The number of amides is 1. The summed E-state index contributed by atoms with van der Waals surface area (Å²) in [4.78, 5) is 15.2. The van der Waals surface area contributed by atoms with E-state index in [-0.39, 0.29) is 30.8 Å². The van der Waals surface area contributed by atoms with Crippen LogP contribution in [0.4, 0.5) is 39.5 Å². The van der Waals surface area contributed by atoms with Crippen LogP contribution in [0.25, 0.3) is 5.57 Å². The molecular formula is C33H29F9N2O2. The molecule has 0 bridgehead atoms. The van der Waals surface area contributed by atoms with Crippen LogP contribution in [0.5, 0.6) is 5.75 Å². The highest BCUT2D eigenvalue weighted by Crippen LogP contribution is 2.39. The van der Waals surface area contributed by atoms with Gasteiger partial charge in [0.05, 0.1) is 23.7 Å². The molecular weight excluding hydrogens is 627 g/mol. The van der Waals surface area contributed by atoms with E-state index >= 15 is 0 Å². The largest absolute Gasteiger partial charge is 0.488 e. The number of hydrogen-bond acceptors (Lipinski definition) is 3. The van der Waals surface area contributed by atoms with Crippen molar-refractivity contribution in [3.63, 3.8) is 0 Å². The van der Waals surface area contributed by atoms with Gasteiger partial charge in [0, 0.05) is 25.7 Å². The second-order valence-electron chi connectivity index (χ2n) is 11.3. The van der Waals surface area contributed by atoms with E-state index < -0.39 is 65.1 Å². The Morgan fingerprint density at radius 3 is 2.09 bits per heavy atom. The van der Waals surface area contributed by atoms with Gasteiger partial charge in [0.15, 0.2) is 17.4 Å². The number of hydrogen-bond donors (Lipinski definition) is 1. The molecule has 3 aromatic carbocycles. The number of carbonyl (C=O) groups is 1. The highest BCUT2D eigenvalue weighted by molar-refractivity contribution is 5.93. The zero-order chi connectivity index (χ0) is 33.2. The van der Waals surface area contributed by atoms with Gasteiger partial charge in [-0.2, -0.15) is 30.7 Å². The van der Waals surface area contributed by atoms with Crippen LogP contribution in [-0.4, -0.2) is 36.5 Å². The second kappa shape index (κ2) is 13.4. The van der Waals surface area contributed by atoms with Gasteiger partial charge in [-0.25, -0.2) is 8.78 Å². The molecule has 2 aliphatic rings. The van der Waals surface area contributed by atoms with Crippen LogP contribution >= 0.6 is 0 Å². The van der Waals surface area contributed by atoms with Crippen LogP contribution in [0.3, 0.4) is 0 Å². The summed E-state index contributed by atoms with van der Waals surface area (Å²) >= 11 is 0. The molecule has 1 N–H and O–H groups in total. The Kier molecular flexibility index (Phi) is 9.71. The fourth-order valence-electron chi connectivity index (χ4n) is 5.44. The molecule has 4 nitrogen and oxygen atoms in total. The first kappa shape index (κ1) is 33.4. The Morgan fingerprint density at radius 1 is 0.848 bits per heavy atom. The monoisotopic (exact) mass is 656 g/mol. The highest BCUT2D eigenvalue weighted by atomic mass is 19.4. The second-order valence-corrected chi connectivity index (χ2v) is 11.3. The van der Waals surface area contributed by atoms with Crippen molar-refractivity contribution < 1.29 is 49.0 Å². The quantitative estimate of drug-likeness (QED) is 0.137. The normalized spacial score (nSPS) is 17.1. The summed E-state index contributed by atoms with van der Waals surface area (Å²) in [5.41, 5.74) is -0.859. The third-order valence-corrected chi connectivity index (χ3v) is 7.90. The molecule has 1 aliphatic heterocycles. The Morgan fingerprint density at radius 2 is 1.48 bits per heavy atom. The lowest BCUT2D eigenvalue weighted by atomic mass is 9.88. The van der Waals surface area contributed by atoms with Crippen molar-refractivity contribution >= 4 is 11.5 Å². The van der Waals surface area contributed by atoms with E-state index in [1.807, 2.05) is 18.2 Å². The maximum Gasteiger partial charge on any atom is 0.416 e. The molecule has 1 unspecified atom stereocenters. The minimum absolute atomic E-state index is 0.0689. The van der Waals surface area contributed by atoms with Crippen LogP contribution in [0, 0.1) is 23.4 Å². The molecule has 3 aromatic rings. The van der Waals surface area contributed by atoms with Crippen LogP contribution in [-0.2, 0) is 30.1 Å². The van der Waals surface area contributed by atoms with Gasteiger partial charge in [0.2, 0.25) is 11.7 Å². The van der Waals surface area contributed by atoms with Gasteiger partial charge >= 0.3 is 12.4 Å². The highest BCUT2D eigenvalue weighted by Gasteiger charge is 2.40. The molecule has 0 saturated heterocycles. The minimum Gasteiger partial charge on any atom is -0.488 e. The average Bonchev–Trinajstić information content (AvgIpc) is 3.86. The Bertz CT molecular complexity index is 1560. The molecule has 1 aliphatic carbocycles. The van der Waals surface area contributed by atoms with E-state index in [2.05, 4.69) is 5.32 Å². The lowest BCUT2D eigenvalue weighted by molar-refractivity contribution is -0.143. The fourth-order valence-corrected chi connectivity index (χ4v) is 5.44. The summed E-state index contributed by atoms with van der Waals surface area (Å²) in [5.74, 6) is -5.53. The van der Waals surface area contributed by atoms with Crippen LogP contribution in [0.1, 0.15) is 47.1 Å². The maximum absolute atomic E-state index is 13.9. The summed E-state index contributed by atoms with van der Waals surface area (Å²) in [6.45, 7) is 0.221. The first-order valence-electron chi connectivity index (χ1n) is 14.6. The first-order chi connectivity index (χ1) is 21.7. The Hall–Kier alpha value is -4.00. The Balaban J connectivity index is 1.27. The summed E-state index contributed by atoms with van der Waals surface area (Å²) < 4.78 is 127. The maximum atomic E-state index is 13.9. The molecule has 0 aromatic heterocycles. The molecule has 1 saturated carbocycles. The standard InChI is InChI=1S/C33H29F9N2O2/c34-27-9-10-28(35)30(29(27)36)46-13-1-2-19-3-5-21(6-4-19)25-11-12-43-17-26(25)31(45)44(24-7-8-24)18-20-14-22(32(37,38)39)16-23(15-20)33(40,41)42/h3-6,9-11,14-16,24,26,43H,1-2,7-8,12-13,17-18H2. The van der Waals surface area contributed by atoms with Crippen molar-refractivity contribution in [1.82, 2.24) is 10.2 Å².